The van der Waals surface area contributed by atoms with Gasteiger partial charge in [0.05, 0.1) is 7.11 Å². The summed E-state index contributed by atoms with van der Waals surface area (Å²) in [7, 11) is 1.73. The molecule has 1 unspecified atom stereocenters. The Labute approximate surface area is 167 Å². The maximum atomic E-state index is 5.55. The van der Waals surface area contributed by atoms with Crippen LogP contribution in [0.1, 0.15) is 18.4 Å². The number of para-hydroxylation sites is 1. The standard InChI is InChI=1S/C21H21N5OS/c1-27-18-7-3-2-5-15(18)13-17-6-4-11-25(17)20-9-8-19-22-23-21(26(19)24-20)16-10-12-28-14-16/h2-3,5,7-10,12,14,17H,4,6,11,13H2,1H3. The first-order valence-electron chi connectivity index (χ1n) is 9.47. The first-order chi connectivity index (χ1) is 13.8. The highest BCUT2D eigenvalue weighted by molar-refractivity contribution is 7.08. The minimum absolute atomic E-state index is 0.405. The van der Waals surface area contributed by atoms with Gasteiger partial charge in [0.15, 0.2) is 11.5 Å². The fourth-order valence-electron chi connectivity index (χ4n) is 3.98. The van der Waals surface area contributed by atoms with E-state index in [0.717, 1.165) is 48.0 Å². The van der Waals surface area contributed by atoms with Crippen molar-refractivity contribution in [2.45, 2.75) is 25.3 Å². The number of benzene rings is 1. The minimum atomic E-state index is 0.405. The summed E-state index contributed by atoms with van der Waals surface area (Å²) in [5.41, 5.74) is 3.06. The Morgan fingerprint density at radius 2 is 2.07 bits per heavy atom. The summed E-state index contributed by atoms with van der Waals surface area (Å²) < 4.78 is 7.40. The van der Waals surface area contributed by atoms with Crippen molar-refractivity contribution in [1.29, 1.82) is 0 Å². The van der Waals surface area contributed by atoms with Crippen LogP contribution in [0.25, 0.3) is 17.0 Å². The largest absolute Gasteiger partial charge is 0.496 e. The van der Waals surface area contributed by atoms with E-state index in [1.54, 1.807) is 18.4 Å². The predicted molar refractivity (Wildman–Crippen MR) is 111 cm³/mol. The summed E-state index contributed by atoms with van der Waals surface area (Å²) in [6, 6.07) is 14.8. The molecule has 0 spiro atoms. The molecule has 1 atom stereocenters. The molecule has 0 N–H and O–H groups in total. The van der Waals surface area contributed by atoms with E-state index in [0.29, 0.717) is 6.04 Å². The summed E-state index contributed by atoms with van der Waals surface area (Å²) in [6.07, 6.45) is 3.26. The average Bonchev–Trinajstić information content (AvgIpc) is 3.48. The maximum Gasteiger partial charge on any atom is 0.186 e. The Morgan fingerprint density at radius 3 is 2.93 bits per heavy atom. The molecule has 1 aliphatic heterocycles. The highest BCUT2D eigenvalue weighted by atomic mass is 32.1. The van der Waals surface area contributed by atoms with Crippen LogP contribution in [0.15, 0.2) is 53.2 Å². The van der Waals surface area contributed by atoms with Crippen molar-refractivity contribution in [3.05, 3.63) is 58.8 Å². The first-order valence-corrected chi connectivity index (χ1v) is 10.4. The Bertz CT molecular complexity index is 1090. The van der Waals surface area contributed by atoms with Gasteiger partial charge in [-0.25, -0.2) is 0 Å². The number of hydrogen-bond donors (Lipinski definition) is 0. The SMILES string of the molecule is COc1ccccc1CC1CCCN1c1ccc2nnc(-c3ccsc3)n2n1. The zero-order chi connectivity index (χ0) is 18.9. The van der Waals surface area contributed by atoms with Crippen LogP contribution in [0.2, 0.25) is 0 Å². The number of methoxy groups -OCH3 is 1. The predicted octanol–water partition coefficient (Wildman–Crippen LogP) is 4.07. The molecule has 0 bridgehead atoms. The van der Waals surface area contributed by atoms with Gasteiger partial charge in [-0.1, -0.05) is 18.2 Å². The van der Waals surface area contributed by atoms with E-state index in [2.05, 4.69) is 44.7 Å². The Balaban J connectivity index is 1.47. The lowest BCUT2D eigenvalue weighted by atomic mass is 10.0. The second-order valence-electron chi connectivity index (χ2n) is 7.00. The molecule has 1 aromatic carbocycles. The molecule has 28 heavy (non-hydrogen) atoms. The molecule has 1 aliphatic rings. The molecule has 0 saturated carbocycles. The van der Waals surface area contributed by atoms with Crippen molar-refractivity contribution in [2.75, 3.05) is 18.6 Å². The highest BCUT2D eigenvalue weighted by Gasteiger charge is 2.27. The second kappa shape index (κ2) is 7.24. The average molecular weight is 392 g/mol. The molecule has 3 aromatic heterocycles. The van der Waals surface area contributed by atoms with Crippen LogP contribution >= 0.6 is 11.3 Å². The molecular formula is C21H21N5OS. The summed E-state index contributed by atoms with van der Waals surface area (Å²) in [6.45, 7) is 1.01. The number of rotatable bonds is 5. The molecule has 7 heteroatoms. The lowest BCUT2D eigenvalue weighted by Gasteiger charge is -2.26. The van der Waals surface area contributed by atoms with Gasteiger partial charge in [0.1, 0.15) is 11.6 Å². The smallest absolute Gasteiger partial charge is 0.186 e. The summed E-state index contributed by atoms with van der Waals surface area (Å²) in [5, 5.41) is 17.6. The number of fused-ring (bicyclic) bond motifs is 1. The van der Waals surface area contributed by atoms with Crippen molar-refractivity contribution in [3.63, 3.8) is 0 Å². The van der Waals surface area contributed by atoms with Gasteiger partial charge in [0, 0.05) is 23.5 Å². The zero-order valence-electron chi connectivity index (χ0n) is 15.7. The lowest BCUT2D eigenvalue weighted by Crippen LogP contribution is -2.32. The van der Waals surface area contributed by atoms with Crippen LogP contribution in [0.3, 0.4) is 0 Å². The molecule has 4 heterocycles. The van der Waals surface area contributed by atoms with E-state index in [4.69, 9.17) is 9.84 Å². The van der Waals surface area contributed by atoms with Crippen LogP contribution in [0, 0.1) is 0 Å². The topological polar surface area (TPSA) is 55.5 Å². The fourth-order valence-corrected chi connectivity index (χ4v) is 4.61. The van der Waals surface area contributed by atoms with Crippen LogP contribution < -0.4 is 9.64 Å². The lowest BCUT2D eigenvalue weighted by molar-refractivity contribution is 0.408. The molecule has 5 rings (SSSR count). The number of aromatic nitrogens is 4. The third-order valence-electron chi connectivity index (χ3n) is 5.35. The molecule has 0 amide bonds. The van der Waals surface area contributed by atoms with Gasteiger partial charge in [-0.05, 0) is 54.5 Å². The summed E-state index contributed by atoms with van der Waals surface area (Å²) in [5.74, 6) is 2.72. The quantitative estimate of drug-likeness (QED) is 0.513. The van der Waals surface area contributed by atoms with E-state index in [9.17, 15) is 0 Å². The molecule has 0 aliphatic carbocycles. The molecular weight excluding hydrogens is 370 g/mol. The molecule has 0 radical (unpaired) electrons. The van der Waals surface area contributed by atoms with Crippen molar-refractivity contribution in [3.8, 4) is 17.1 Å². The van der Waals surface area contributed by atoms with Crippen molar-refractivity contribution < 1.29 is 4.74 Å². The second-order valence-corrected chi connectivity index (χ2v) is 7.78. The van der Waals surface area contributed by atoms with Gasteiger partial charge in [0.25, 0.3) is 0 Å². The van der Waals surface area contributed by atoms with Gasteiger partial charge in [0.2, 0.25) is 0 Å². The van der Waals surface area contributed by atoms with Crippen molar-refractivity contribution >= 4 is 22.8 Å². The molecule has 1 fully saturated rings. The monoisotopic (exact) mass is 391 g/mol. The number of ether oxygens (including phenoxy) is 1. The van der Waals surface area contributed by atoms with Crippen LogP contribution in [-0.2, 0) is 6.42 Å². The number of anilines is 1. The molecule has 4 aromatic rings. The van der Waals surface area contributed by atoms with E-state index in [1.807, 2.05) is 28.1 Å². The van der Waals surface area contributed by atoms with Gasteiger partial charge in [-0.15, -0.1) is 15.3 Å². The normalized spacial score (nSPS) is 16.8. The van der Waals surface area contributed by atoms with Gasteiger partial charge < -0.3 is 9.64 Å². The van der Waals surface area contributed by atoms with Gasteiger partial charge >= 0.3 is 0 Å². The minimum Gasteiger partial charge on any atom is -0.496 e. The van der Waals surface area contributed by atoms with E-state index >= 15 is 0 Å². The zero-order valence-corrected chi connectivity index (χ0v) is 16.5. The summed E-state index contributed by atoms with van der Waals surface area (Å²) >= 11 is 1.65. The number of thiophene rings is 1. The van der Waals surface area contributed by atoms with E-state index < -0.39 is 0 Å². The van der Waals surface area contributed by atoms with Crippen LogP contribution in [0.4, 0.5) is 5.82 Å². The maximum absolute atomic E-state index is 5.55. The van der Waals surface area contributed by atoms with Crippen LogP contribution in [-0.4, -0.2) is 39.5 Å². The van der Waals surface area contributed by atoms with E-state index in [-0.39, 0.29) is 0 Å². The molecule has 142 valence electrons. The highest BCUT2D eigenvalue weighted by Crippen LogP contribution is 2.30. The Morgan fingerprint density at radius 1 is 1.14 bits per heavy atom. The fraction of sp³-hybridized carbons (Fsp3) is 0.286. The molecule has 6 nitrogen and oxygen atoms in total. The Kier molecular flexibility index (Phi) is 4.44. The number of hydrogen-bond acceptors (Lipinski definition) is 6. The first kappa shape index (κ1) is 17.2. The van der Waals surface area contributed by atoms with E-state index in [1.165, 1.54) is 12.0 Å². The Hall–Kier alpha value is -2.93. The molecule has 1 saturated heterocycles. The third-order valence-corrected chi connectivity index (χ3v) is 6.03. The number of nitrogens with zero attached hydrogens (tertiary/aromatic N) is 5. The van der Waals surface area contributed by atoms with Crippen molar-refractivity contribution in [1.82, 2.24) is 19.8 Å². The van der Waals surface area contributed by atoms with Crippen LogP contribution in [0.5, 0.6) is 5.75 Å². The van der Waals surface area contributed by atoms with Gasteiger partial charge in [-0.3, -0.25) is 0 Å². The van der Waals surface area contributed by atoms with Crippen molar-refractivity contribution in [2.24, 2.45) is 0 Å². The third kappa shape index (κ3) is 3.01. The summed E-state index contributed by atoms with van der Waals surface area (Å²) in [4.78, 5) is 2.41. The van der Waals surface area contributed by atoms with Gasteiger partial charge in [-0.2, -0.15) is 15.9 Å².